The predicted octanol–water partition coefficient (Wildman–Crippen LogP) is 1.90. The first-order valence-electron chi connectivity index (χ1n) is 8.80. The van der Waals surface area contributed by atoms with Gasteiger partial charge in [0.25, 0.3) is 0 Å². The van der Waals surface area contributed by atoms with Crippen molar-refractivity contribution in [2.45, 2.75) is 12.5 Å². The Morgan fingerprint density at radius 1 is 1.07 bits per heavy atom. The summed E-state index contributed by atoms with van der Waals surface area (Å²) in [5.74, 6) is -0.112. The van der Waals surface area contributed by atoms with Crippen LogP contribution in [0.3, 0.4) is 0 Å². The standard InChI is InChI=1S/C20H20N4O5/c1-27-15-8-9-16(19(11-15)28-2)18(25)12-29-20(26)17(24-13-21-22-23-24)10-14-6-4-3-5-7-14/h3-9,11,13,17H,10,12H2,1-2H3/t17-/m0/s1. The number of aromatic nitrogens is 4. The number of methoxy groups -OCH3 is 2. The van der Waals surface area contributed by atoms with Crippen LogP contribution in [0.4, 0.5) is 0 Å². The van der Waals surface area contributed by atoms with Crippen LogP contribution in [0.25, 0.3) is 0 Å². The highest BCUT2D eigenvalue weighted by Crippen LogP contribution is 2.25. The van der Waals surface area contributed by atoms with Crippen molar-refractivity contribution in [3.05, 3.63) is 66.0 Å². The van der Waals surface area contributed by atoms with Gasteiger partial charge in [-0.1, -0.05) is 30.3 Å². The van der Waals surface area contributed by atoms with Crippen molar-refractivity contribution in [1.82, 2.24) is 20.2 Å². The van der Waals surface area contributed by atoms with E-state index in [1.54, 1.807) is 18.2 Å². The van der Waals surface area contributed by atoms with E-state index in [1.165, 1.54) is 25.2 Å². The molecule has 150 valence electrons. The number of rotatable bonds is 9. The highest BCUT2D eigenvalue weighted by molar-refractivity contribution is 6.00. The number of ether oxygens (including phenoxy) is 3. The summed E-state index contributed by atoms with van der Waals surface area (Å²) in [5, 5.41) is 11.0. The van der Waals surface area contributed by atoms with Gasteiger partial charge < -0.3 is 14.2 Å². The maximum Gasteiger partial charge on any atom is 0.331 e. The Morgan fingerprint density at radius 2 is 1.86 bits per heavy atom. The van der Waals surface area contributed by atoms with Crippen LogP contribution in [0.5, 0.6) is 11.5 Å². The lowest BCUT2D eigenvalue weighted by molar-refractivity contribution is -0.146. The van der Waals surface area contributed by atoms with E-state index in [2.05, 4.69) is 15.5 Å². The molecule has 0 N–H and O–H groups in total. The number of carbonyl (C=O) groups is 2. The van der Waals surface area contributed by atoms with E-state index in [9.17, 15) is 9.59 Å². The fourth-order valence-corrected chi connectivity index (χ4v) is 2.77. The van der Waals surface area contributed by atoms with E-state index >= 15 is 0 Å². The Morgan fingerprint density at radius 3 is 2.52 bits per heavy atom. The zero-order valence-electron chi connectivity index (χ0n) is 16.0. The quantitative estimate of drug-likeness (QED) is 0.399. The van der Waals surface area contributed by atoms with Crippen molar-refractivity contribution >= 4 is 11.8 Å². The second-order valence-corrected chi connectivity index (χ2v) is 6.09. The van der Waals surface area contributed by atoms with Crippen molar-refractivity contribution in [3.8, 4) is 11.5 Å². The van der Waals surface area contributed by atoms with Gasteiger partial charge in [-0.2, -0.15) is 0 Å². The highest BCUT2D eigenvalue weighted by Gasteiger charge is 2.25. The summed E-state index contributed by atoms with van der Waals surface area (Å²) in [6.45, 7) is -0.436. The van der Waals surface area contributed by atoms with E-state index in [0.717, 1.165) is 5.56 Å². The Labute approximate surface area is 167 Å². The van der Waals surface area contributed by atoms with E-state index in [-0.39, 0.29) is 0 Å². The molecule has 0 unspecified atom stereocenters. The van der Waals surface area contributed by atoms with Crippen molar-refractivity contribution in [3.63, 3.8) is 0 Å². The number of benzene rings is 2. The van der Waals surface area contributed by atoms with Crippen LogP contribution < -0.4 is 9.47 Å². The molecule has 2 aromatic carbocycles. The second-order valence-electron chi connectivity index (χ2n) is 6.09. The van der Waals surface area contributed by atoms with Crippen LogP contribution in [-0.2, 0) is 16.0 Å². The lowest BCUT2D eigenvalue weighted by Gasteiger charge is -2.16. The van der Waals surface area contributed by atoms with Crippen molar-refractivity contribution in [2.24, 2.45) is 0 Å². The van der Waals surface area contributed by atoms with Gasteiger partial charge in [0.2, 0.25) is 5.78 Å². The fourth-order valence-electron chi connectivity index (χ4n) is 2.77. The smallest absolute Gasteiger partial charge is 0.331 e. The molecule has 1 atom stereocenters. The molecular formula is C20H20N4O5. The summed E-state index contributed by atoms with van der Waals surface area (Å²) >= 11 is 0. The molecule has 9 nitrogen and oxygen atoms in total. The first-order valence-corrected chi connectivity index (χ1v) is 8.80. The number of esters is 1. The summed E-state index contributed by atoms with van der Waals surface area (Å²) in [6, 6.07) is 13.4. The molecule has 1 heterocycles. The number of hydrogen-bond donors (Lipinski definition) is 0. The van der Waals surface area contributed by atoms with Crippen LogP contribution in [0, 0.1) is 0 Å². The van der Waals surface area contributed by atoms with E-state index < -0.39 is 24.4 Å². The predicted molar refractivity (Wildman–Crippen MR) is 102 cm³/mol. The zero-order valence-corrected chi connectivity index (χ0v) is 16.0. The van der Waals surface area contributed by atoms with Gasteiger partial charge in [0.05, 0.1) is 19.8 Å². The molecule has 1 aromatic heterocycles. The van der Waals surface area contributed by atoms with Crippen molar-refractivity contribution in [1.29, 1.82) is 0 Å². The Kier molecular flexibility index (Phi) is 6.51. The van der Waals surface area contributed by atoms with Crippen molar-refractivity contribution < 1.29 is 23.8 Å². The van der Waals surface area contributed by atoms with E-state index in [4.69, 9.17) is 14.2 Å². The molecule has 0 aliphatic rings. The van der Waals surface area contributed by atoms with Gasteiger partial charge in [0.15, 0.2) is 12.6 Å². The van der Waals surface area contributed by atoms with Crippen LogP contribution >= 0.6 is 0 Å². The van der Waals surface area contributed by atoms with E-state index in [1.807, 2.05) is 30.3 Å². The Hall–Kier alpha value is -3.75. The van der Waals surface area contributed by atoms with Crippen molar-refractivity contribution in [2.75, 3.05) is 20.8 Å². The molecule has 0 bridgehead atoms. The largest absolute Gasteiger partial charge is 0.497 e. The summed E-state index contributed by atoms with van der Waals surface area (Å²) < 4.78 is 16.9. The minimum absolute atomic E-state index is 0.295. The topological polar surface area (TPSA) is 105 Å². The number of hydrogen-bond acceptors (Lipinski definition) is 8. The average molecular weight is 396 g/mol. The summed E-state index contributed by atoms with van der Waals surface area (Å²) in [4.78, 5) is 25.2. The fraction of sp³-hybridized carbons (Fsp3) is 0.250. The lowest BCUT2D eigenvalue weighted by Crippen LogP contribution is -2.27. The molecule has 9 heteroatoms. The van der Waals surface area contributed by atoms with Gasteiger partial charge in [-0.05, 0) is 28.1 Å². The number of carbonyl (C=O) groups excluding carboxylic acids is 2. The molecule has 3 rings (SSSR count). The highest BCUT2D eigenvalue weighted by atomic mass is 16.5. The van der Waals surface area contributed by atoms with Gasteiger partial charge in [-0.3, -0.25) is 4.79 Å². The summed E-state index contributed by atoms with van der Waals surface area (Å²) in [7, 11) is 2.97. The van der Waals surface area contributed by atoms with Gasteiger partial charge in [0.1, 0.15) is 17.8 Å². The third kappa shape index (κ3) is 4.95. The van der Waals surface area contributed by atoms with Crippen LogP contribution in [0.2, 0.25) is 0 Å². The minimum atomic E-state index is -0.794. The number of ketones is 1. The van der Waals surface area contributed by atoms with Gasteiger partial charge in [-0.15, -0.1) is 5.10 Å². The SMILES string of the molecule is COc1ccc(C(=O)COC(=O)[C@H](Cc2ccccc2)n2cnnn2)c(OC)c1. The number of Topliss-reactive ketones (excluding diaryl/α,β-unsaturated/α-hetero) is 1. The normalized spacial score (nSPS) is 11.5. The second kappa shape index (κ2) is 9.45. The summed E-state index contributed by atoms with van der Waals surface area (Å²) in [6.07, 6.45) is 1.66. The molecule has 0 saturated heterocycles. The van der Waals surface area contributed by atoms with Crippen LogP contribution in [0.1, 0.15) is 22.0 Å². The first kappa shape index (κ1) is 20.0. The molecule has 0 aliphatic carbocycles. The molecule has 0 saturated carbocycles. The molecule has 29 heavy (non-hydrogen) atoms. The molecule has 0 amide bonds. The molecule has 0 fully saturated rings. The van der Waals surface area contributed by atoms with Gasteiger partial charge >= 0.3 is 5.97 Å². The lowest BCUT2D eigenvalue weighted by atomic mass is 10.1. The summed E-state index contributed by atoms with van der Waals surface area (Å²) in [5.41, 5.74) is 1.20. The molecule has 0 radical (unpaired) electrons. The molecule has 0 aliphatic heterocycles. The number of nitrogens with zero attached hydrogens (tertiary/aromatic N) is 4. The van der Waals surface area contributed by atoms with Gasteiger partial charge in [-0.25, -0.2) is 9.48 Å². The zero-order chi connectivity index (χ0) is 20.6. The maximum atomic E-state index is 12.7. The van der Waals surface area contributed by atoms with Gasteiger partial charge in [0, 0.05) is 12.5 Å². The van der Waals surface area contributed by atoms with Crippen LogP contribution in [0.15, 0.2) is 54.9 Å². The third-order valence-electron chi connectivity index (χ3n) is 4.28. The maximum absolute atomic E-state index is 12.7. The third-order valence-corrected chi connectivity index (χ3v) is 4.28. The minimum Gasteiger partial charge on any atom is -0.497 e. The molecule has 0 spiro atoms. The van der Waals surface area contributed by atoms with Crippen LogP contribution in [-0.4, -0.2) is 52.8 Å². The molecule has 3 aromatic rings. The number of tetrazole rings is 1. The first-order chi connectivity index (χ1) is 14.1. The van der Waals surface area contributed by atoms with E-state index in [0.29, 0.717) is 23.5 Å². The monoisotopic (exact) mass is 396 g/mol. The Bertz CT molecular complexity index is 960. The molecular weight excluding hydrogens is 376 g/mol. The average Bonchev–Trinajstić information content (AvgIpc) is 3.30. The Balaban J connectivity index is 1.71.